The molecule has 4 aromatic rings. The summed E-state index contributed by atoms with van der Waals surface area (Å²) in [7, 11) is 0. The molecule has 5 rings (SSSR count). The Kier molecular flexibility index (Phi) is 5.79. The molecule has 0 aliphatic carbocycles. The van der Waals surface area contributed by atoms with Gasteiger partial charge in [0.1, 0.15) is 11.2 Å². The summed E-state index contributed by atoms with van der Waals surface area (Å²) in [5.74, 6) is 1.21. The maximum atomic E-state index is 13.7. The lowest BCUT2D eigenvalue weighted by molar-refractivity contribution is 0.0491. The number of rotatable bonds is 5. The molecule has 1 fully saturated rings. The summed E-state index contributed by atoms with van der Waals surface area (Å²) < 4.78 is 5.93. The first-order valence-corrected chi connectivity index (χ1v) is 12.1. The van der Waals surface area contributed by atoms with E-state index in [2.05, 4.69) is 21.8 Å². The minimum atomic E-state index is 0.0438. The van der Waals surface area contributed by atoms with Crippen LogP contribution < -0.4 is 0 Å². The van der Waals surface area contributed by atoms with E-state index < -0.39 is 0 Å². The van der Waals surface area contributed by atoms with Crippen LogP contribution in [0.15, 0.2) is 59.0 Å². The molecule has 1 aliphatic heterocycles. The number of oxazole rings is 1. The third kappa shape index (κ3) is 4.07. The van der Waals surface area contributed by atoms with Crippen LogP contribution in [0.4, 0.5) is 0 Å². The molecule has 1 saturated heterocycles. The molecule has 2 atom stereocenters. The van der Waals surface area contributed by atoms with Crippen molar-refractivity contribution in [2.24, 2.45) is 5.92 Å². The van der Waals surface area contributed by atoms with Gasteiger partial charge in [0.25, 0.3) is 5.91 Å². The van der Waals surface area contributed by atoms with Crippen LogP contribution in [0.25, 0.3) is 21.5 Å². The number of para-hydroxylation sites is 2. The Hall–Kier alpha value is -2.99. The van der Waals surface area contributed by atoms with E-state index in [-0.39, 0.29) is 11.9 Å². The van der Waals surface area contributed by atoms with Crippen LogP contribution in [0.3, 0.4) is 0 Å². The highest BCUT2D eigenvalue weighted by atomic mass is 32.1. The van der Waals surface area contributed by atoms with Crippen molar-refractivity contribution in [3.05, 3.63) is 71.2 Å². The Morgan fingerprint density at radius 2 is 1.91 bits per heavy atom. The van der Waals surface area contributed by atoms with E-state index in [1.807, 2.05) is 61.5 Å². The summed E-state index contributed by atoms with van der Waals surface area (Å²) in [6, 6.07) is 18.1. The molecule has 32 heavy (non-hydrogen) atoms. The average molecular weight is 446 g/mol. The number of amides is 1. The number of hydrogen-bond acceptors (Lipinski definition) is 5. The quantitative estimate of drug-likeness (QED) is 0.371. The number of likely N-dealkylation sites (tertiary alicyclic amines) is 1. The van der Waals surface area contributed by atoms with E-state index >= 15 is 0 Å². The summed E-state index contributed by atoms with van der Waals surface area (Å²) in [4.78, 5) is 26.1. The number of carbonyl (C=O) groups excluding carboxylic acids is 1. The lowest BCUT2D eigenvalue weighted by Crippen LogP contribution is -2.48. The van der Waals surface area contributed by atoms with Crippen LogP contribution >= 0.6 is 11.3 Å². The second kappa shape index (κ2) is 8.87. The van der Waals surface area contributed by atoms with Crippen LogP contribution in [0.1, 0.15) is 47.6 Å². The molecule has 0 bridgehead atoms. The second-order valence-electron chi connectivity index (χ2n) is 8.58. The zero-order valence-corrected chi connectivity index (χ0v) is 19.3. The molecular weight excluding hydrogens is 418 g/mol. The van der Waals surface area contributed by atoms with Crippen LogP contribution in [0.5, 0.6) is 0 Å². The number of benzene rings is 2. The fraction of sp³-hybridized carbons (Fsp3) is 0.346. The molecule has 164 valence electrons. The van der Waals surface area contributed by atoms with Gasteiger partial charge >= 0.3 is 0 Å². The largest absolute Gasteiger partial charge is 0.441 e. The number of aromatic nitrogens is 2. The zero-order chi connectivity index (χ0) is 22.1. The van der Waals surface area contributed by atoms with E-state index in [0.717, 1.165) is 64.7 Å². The topological polar surface area (TPSA) is 59.2 Å². The third-order valence-electron chi connectivity index (χ3n) is 6.34. The van der Waals surface area contributed by atoms with E-state index in [9.17, 15) is 4.79 Å². The van der Waals surface area contributed by atoms with Gasteiger partial charge in [0, 0.05) is 19.0 Å². The minimum Gasteiger partial charge on any atom is -0.441 e. The first kappa shape index (κ1) is 20.9. The van der Waals surface area contributed by atoms with Gasteiger partial charge in [-0.05, 0) is 49.8 Å². The highest BCUT2D eigenvalue weighted by Gasteiger charge is 2.34. The fourth-order valence-electron chi connectivity index (χ4n) is 4.73. The van der Waals surface area contributed by atoms with Crippen LogP contribution in [0, 0.1) is 12.8 Å². The average Bonchev–Trinajstić information content (AvgIpc) is 3.41. The van der Waals surface area contributed by atoms with Crippen molar-refractivity contribution in [3.8, 4) is 10.4 Å². The predicted molar refractivity (Wildman–Crippen MR) is 128 cm³/mol. The van der Waals surface area contributed by atoms with Crippen LogP contribution in [-0.2, 0) is 6.42 Å². The molecule has 5 nitrogen and oxygen atoms in total. The summed E-state index contributed by atoms with van der Waals surface area (Å²) in [6.45, 7) is 4.99. The molecule has 1 unspecified atom stereocenters. The van der Waals surface area contributed by atoms with Crippen LogP contribution in [-0.4, -0.2) is 33.4 Å². The second-order valence-corrected chi connectivity index (χ2v) is 9.78. The molecule has 1 amide bonds. The normalized spacial score (nSPS) is 18.9. The third-order valence-corrected chi connectivity index (χ3v) is 7.36. The monoisotopic (exact) mass is 445 g/mol. The molecule has 1 aliphatic rings. The number of carbonyl (C=O) groups is 1. The lowest BCUT2D eigenvalue weighted by Gasteiger charge is -2.40. The van der Waals surface area contributed by atoms with E-state index in [1.54, 1.807) is 11.3 Å². The Labute approximate surface area is 192 Å². The smallest absolute Gasteiger partial charge is 0.274 e. The van der Waals surface area contributed by atoms with Gasteiger partial charge in [0.15, 0.2) is 11.5 Å². The number of thiazole rings is 1. The van der Waals surface area contributed by atoms with Gasteiger partial charge in [-0.15, -0.1) is 11.3 Å². The van der Waals surface area contributed by atoms with Crippen molar-refractivity contribution in [1.82, 2.24) is 14.9 Å². The fourth-order valence-corrected chi connectivity index (χ4v) is 5.65. The van der Waals surface area contributed by atoms with E-state index in [4.69, 9.17) is 4.42 Å². The zero-order valence-electron chi connectivity index (χ0n) is 18.5. The van der Waals surface area contributed by atoms with Crippen molar-refractivity contribution < 1.29 is 9.21 Å². The Morgan fingerprint density at radius 1 is 1.12 bits per heavy atom. The van der Waals surface area contributed by atoms with Crippen molar-refractivity contribution in [2.45, 2.75) is 45.6 Å². The van der Waals surface area contributed by atoms with Crippen LogP contribution in [0.2, 0.25) is 0 Å². The lowest BCUT2D eigenvalue weighted by atomic mass is 9.87. The maximum absolute atomic E-state index is 13.7. The van der Waals surface area contributed by atoms with Gasteiger partial charge in [-0.2, -0.15) is 0 Å². The number of nitrogens with zero attached hydrogens (tertiary/aromatic N) is 3. The Balaban J connectivity index is 1.39. The minimum absolute atomic E-state index is 0.0438. The molecule has 0 N–H and O–H groups in total. The molecule has 6 heteroatoms. The molecule has 0 spiro atoms. The summed E-state index contributed by atoms with van der Waals surface area (Å²) >= 11 is 1.59. The maximum Gasteiger partial charge on any atom is 0.274 e. The number of piperidine rings is 1. The standard InChI is InChI=1S/C26H27N3O2S/c1-17-9-8-16-29(21(17)14-15-23-28-20-12-6-7-13-22(20)31-23)26(30)24-25(32-18(2)27-24)19-10-4-3-5-11-19/h3-7,10-13,17,21H,8-9,14-16H2,1-2H3/t17-,21?/m1/s1. The van der Waals surface area contributed by atoms with E-state index in [0.29, 0.717) is 11.6 Å². The summed E-state index contributed by atoms with van der Waals surface area (Å²) in [5.41, 5.74) is 3.34. The Morgan fingerprint density at radius 3 is 2.72 bits per heavy atom. The van der Waals surface area contributed by atoms with Gasteiger partial charge in [-0.25, -0.2) is 9.97 Å². The van der Waals surface area contributed by atoms with Crippen molar-refractivity contribution in [3.63, 3.8) is 0 Å². The molecule has 2 aromatic heterocycles. The number of aryl methyl sites for hydroxylation is 2. The molecule has 3 heterocycles. The highest BCUT2D eigenvalue weighted by Crippen LogP contribution is 2.34. The predicted octanol–water partition coefficient (Wildman–Crippen LogP) is 6.13. The van der Waals surface area contributed by atoms with Crippen molar-refractivity contribution >= 4 is 28.3 Å². The SMILES string of the molecule is Cc1nc(C(=O)N2CCC[C@@H](C)C2CCc2nc3ccccc3o2)c(-c2ccccc2)s1. The van der Waals surface area contributed by atoms with Crippen molar-refractivity contribution in [1.29, 1.82) is 0 Å². The number of fused-ring (bicyclic) bond motifs is 1. The number of hydrogen-bond donors (Lipinski definition) is 0. The summed E-state index contributed by atoms with van der Waals surface area (Å²) in [5, 5.41) is 0.917. The molecule has 0 radical (unpaired) electrons. The van der Waals surface area contributed by atoms with Gasteiger partial charge in [-0.1, -0.05) is 49.4 Å². The van der Waals surface area contributed by atoms with Crippen molar-refractivity contribution in [2.75, 3.05) is 6.54 Å². The Bertz CT molecular complexity index is 1200. The molecular formula is C26H27N3O2S. The summed E-state index contributed by atoms with van der Waals surface area (Å²) in [6.07, 6.45) is 3.71. The first-order chi connectivity index (χ1) is 15.6. The van der Waals surface area contributed by atoms with Gasteiger partial charge in [-0.3, -0.25) is 4.79 Å². The highest BCUT2D eigenvalue weighted by molar-refractivity contribution is 7.15. The van der Waals surface area contributed by atoms with Gasteiger partial charge in [0.05, 0.1) is 9.88 Å². The molecule has 0 saturated carbocycles. The molecule has 2 aromatic carbocycles. The van der Waals surface area contributed by atoms with E-state index in [1.165, 1.54) is 0 Å². The van der Waals surface area contributed by atoms with Gasteiger partial charge < -0.3 is 9.32 Å². The first-order valence-electron chi connectivity index (χ1n) is 11.3. The van der Waals surface area contributed by atoms with Gasteiger partial charge in [0.2, 0.25) is 0 Å².